The van der Waals surface area contributed by atoms with Gasteiger partial charge in [0.15, 0.2) is 13.2 Å². The van der Waals surface area contributed by atoms with Crippen molar-refractivity contribution in [3.05, 3.63) is 29.3 Å². The number of benzene rings is 1. The minimum atomic E-state index is -0.679. The summed E-state index contributed by atoms with van der Waals surface area (Å²) in [5.41, 5.74) is 2.05. The van der Waals surface area contributed by atoms with Gasteiger partial charge < -0.3 is 14.8 Å². The number of carbonyl (C=O) groups excluding carboxylic acids is 3. The minimum absolute atomic E-state index is 0.150. The number of amides is 3. The molecule has 124 valence electrons. The van der Waals surface area contributed by atoms with E-state index in [-0.39, 0.29) is 12.6 Å². The molecule has 0 radical (unpaired) electrons. The normalized spacial score (nSPS) is 13.1. The van der Waals surface area contributed by atoms with Gasteiger partial charge in [0.25, 0.3) is 5.91 Å². The molecule has 23 heavy (non-hydrogen) atoms. The van der Waals surface area contributed by atoms with Gasteiger partial charge in [-0.25, -0.2) is 9.59 Å². The van der Waals surface area contributed by atoms with Gasteiger partial charge in [-0.3, -0.25) is 10.1 Å². The molecule has 0 aromatic heterocycles. The zero-order chi connectivity index (χ0) is 16.8. The number of nitrogens with one attached hydrogen (secondary N) is 2. The van der Waals surface area contributed by atoms with E-state index in [0.717, 1.165) is 24.0 Å². The van der Waals surface area contributed by atoms with Crippen molar-refractivity contribution in [2.45, 2.75) is 32.7 Å². The molecule has 1 aliphatic rings. The summed E-state index contributed by atoms with van der Waals surface area (Å²) >= 11 is 0. The van der Waals surface area contributed by atoms with Crippen LogP contribution in [0.1, 0.15) is 24.0 Å². The van der Waals surface area contributed by atoms with Gasteiger partial charge in [0.1, 0.15) is 5.75 Å². The van der Waals surface area contributed by atoms with Gasteiger partial charge in [0.05, 0.1) is 0 Å². The van der Waals surface area contributed by atoms with Crippen LogP contribution in [0, 0.1) is 13.8 Å². The maximum atomic E-state index is 11.5. The Morgan fingerprint density at radius 1 is 1.09 bits per heavy atom. The smallest absolute Gasteiger partial charge is 0.344 e. The predicted molar refractivity (Wildman–Crippen MR) is 82.1 cm³/mol. The summed E-state index contributed by atoms with van der Waals surface area (Å²) in [6.07, 6.45) is 1.85. The quantitative estimate of drug-likeness (QED) is 0.769. The summed E-state index contributed by atoms with van der Waals surface area (Å²) in [5.74, 6) is -0.794. The third-order valence-electron chi connectivity index (χ3n) is 3.08. The van der Waals surface area contributed by atoms with Crippen molar-refractivity contribution < 1.29 is 23.9 Å². The van der Waals surface area contributed by atoms with Crippen LogP contribution in [0.15, 0.2) is 18.2 Å². The first-order valence-corrected chi connectivity index (χ1v) is 7.39. The Morgan fingerprint density at radius 3 is 2.35 bits per heavy atom. The topological polar surface area (TPSA) is 93.7 Å². The molecule has 1 aromatic rings. The fourth-order valence-corrected chi connectivity index (χ4v) is 1.96. The van der Waals surface area contributed by atoms with E-state index in [1.165, 1.54) is 0 Å². The number of aryl methyl sites for hydroxylation is 2. The van der Waals surface area contributed by atoms with Crippen molar-refractivity contribution in [2.24, 2.45) is 0 Å². The van der Waals surface area contributed by atoms with E-state index in [2.05, 4.69) is 10.6 Å². The minimum Gasteiger partial charge on any atom is -0.482 e. The molecule has 0 aliphatic heterocycles. The van der Waals surface area contributed by atoms with E-state index in [1.54, 1.807) is 12.1 Å². The lowest BCUT2D eigenvalue weighted by Gasteiger charge is -2.09. The molecule has 2 N–H and O–H groups in total. The number of urea groups is 1. The highest BCUT2D eigenvalue weighted by atomic mass is 16.6. The van der Waals surface area contributed by atoms with Crippen LogP contribution in [0.2, 0.25) is 0 Å². The Morgan fingerprint density at radius 2 is 1.74 bits per heavy atom. The lowest BCUT2D eigenvalue weighted by atomic mass is 10.1. The van der Waals surface area contributed by atoms with Crippen molar-refractivity contribution in [3.63, 3.8) is 0 Å². The maximum absolute atomic E-state index is 11.5. The van der Waals surface area contributed by atoms with Crippen LogP contribution in [-0.2, 0) is 14.3 Å². The molecule has 0 bridgehead atoms. The number of carbonyl (C=O) groups is 3. The van der Waals surface area contributed by atoms with Gasteiger partial charge in [0.2, 0.25) is 0 Å². The first-order chi connectivity index (χ1) is 10.9. The molecule has 3 amide bonds. The molecule has 0 heterocycles. The highest BCUT2D eigenvalue weighted by molar-refractivity contribution is 5.95. The van der Waals surface area contributed by atoms with E-state index in [9.17, 15) is 14.4 Å². The Balaban J connectivity index is 1.65. The third-order valence-corrected chi connectivity index (χ3v) is 3.08. The zero-order valence-corrected chi connectivity index (χ0v) is 13.2. The number of esters is 1. The average Bonchev–Trinajstić information content (AvgIpc) is 3.25. The van der Waals surface area contributed by atoms with Crippen LogP contribution in [-0.4, -0.2) is 37.2 Å². The predicted octanol–water partition coefficient (Wildman–Crippen LogP) is 1.21. The van der Waals surface area contributed by atoms with Crippen LogP contribution < -0.4 is 15.4 Å². The number of ether oxygens (including phenoxy) is 2. The Labute approximate surface area is 134 Å². The molecule has 7 heteroatoms. The standard InChI is InChI=1S/C16H20N2O5/c1-10-5-11(2)7-13(6-10)22-9-15(20)23-8-14(19)18-16(21)17-12-3-4-12/h5-7,12H,3-4,8-9H2,1-2H3,(H2,17,18,19,21). The molecule has 7 nitrogen and oxygen atoms in total. The molecule has 1 aromatic carbocycles. The van der Waals surface area contributed by atoms with Crippen LogP contribution >= 0.6 is 0 Å². The second-order valence-corrected chi connectivity index (χ2v) is 5.57. The highest BCUT2D eigenvalue weighted by Gasteiger charge is 2.24. The Kier molecular flexibility index (Phi) is 5.56. The summed E-state index contributed by atoms with van der Waals surface area (Å²) in [5, 5.41) is 4.68. The van der Waals surface area contributed by atoms with Gasteiger partial charge in [-0.2, -0.15) is 0 Å². The van der Waals surface area contributed by atoms with Crippen LogP contribution in [0.5, 0.6) is 5.75 Å². The molecule has 0 atom stereocenters. The lowest BCUT2D eigenvalue weighted by molar-refractivity contribution is -0.150. The van der Waals surface area contributed by atoms with Gasteiger partial charge in [0, 0.05) is 6.04 Å². The third kappa shape index (κ3) is 6.37. The maximum Gasteiger partial charge on any atom is 0.344 e. The van der Waals surface area contributed by atoms with Gasteiger partial charge >= 0.3 is 12.0 Å². The van der Waals surface area contributed by atoms with Crippen LogP contribution in [0.3, 0.4) is 0 Å². The van der Waals surface area contributed by atoms with Crippen LogP contribution in [0.25, 0.3) is 0 Å². The van der Waals surface area contributed by atoms with E-state index in [0.29, 0.717) is 5.75 Å². The van der Waals surface area contributed by atoms with Crippen molar-refractivity contribution in [3.8, 4) is 5.75 Å². The van der Waals surface area contributed by atoms with Crippen LogP contribution in [0.4, 0.5) is 4.79 Å². The molecule has 0 unspecified atom stereocenters. The van der Waals surface area contributed by atoms with E-state index >= 15 is 0 Å². The molecular weight excluding hydrogens is 300 g/mol. The van der Waals surface area contributed by atoms with Crippen molar-refractivity contribution in [1.82, 2.24) is 10.6 Å². The van der Waals surface area contributed by atoms with E-state index in [4.69, 9.17) is 9.47 Å². The summed E-state index contributed by atoms with van der Waals surface area (Å²) in [6, 6.07) is 5.17. The fourth-order valence-electron chi connectivity index (χ4n) is 1.96. The number of hydrogen-bond acceptors (Lipinski definition) is 5. The first kappa shape index (κ1) is 16.8. The largest absolute Gasteiger partial charge is 0.482 e. The van der Waals surface area contributed by atoms with Crippen molar-refractivity contribution in [2.75, 3.05) is 13.2 Å². The second-order valence-electron chi connectivity index (χ2n) is 5.57. The molecule has 0 spiro atoms. The number of hydrogen-bond donors (Lipinski definition) is 2. The van der Waals surface area contributed by atoms with Crippen molar-refractivity contribution in [1.29, 1.82) is 0 Å². The highest BCUT2D eigenvalue weighted by Crippen LogP contribution is 2.18. The molecule has 0 saturated heterocycles. The van der Waals surface area contributed by atoms with Gasteiger partial charge in [-0.05, 0) is 49.9 Å². The zero-order valence-electron chi connectivity index (χ0n) is 13.2. The molecular formula is C16H20N2O5. The van der Waals surface area contributed by atoms with E-state index < -0.39 is 24.5 Å². The second kappa shape index (κ2) is 7.62. The number of imide groups is 1. The van der Waals surface area contributed by atoms with Crippen molar-refractivity contribution >= 4 is 17.9 Å². The van der Waals surface area contributed by atoms with Gasteiger partial charge in [-0.1, -0.05) is 6.07 Å². The Bertz CT molecular complexity index is 590. The SMILES string of the molecule is Cc1cc(C)cc(OCC(=O)OCC(=O)NC(=O)NC2CC2)c1. The van der Waals surface area contributed by atoms with E-state index in [1.807, 2.05) is 19.9 Å². The summed E-state index contributed by atoms with van der Waals surface area (Å²) < 4.78 is 10.1. The number of rotatable bonds is 6. The summed E-state index contributed by atoms with van der Waals surface area (Å²) in [4.78, 5) is 34.3. The lowest BCUT2D eigenvalue weighted by Crippen LogP contribution is -2.42. The average molecular weight is 320 g/mol. The molecule has 1 saturated carbocycles. The summed E-state index contributed by atoms with van der Waals surface area (Å²) in [6.45, 7) is 3.03. The summed E-state index contributed by atoms with van der Waals surface area (Å²) in [7, 11) is 0. The monoisotopic (exact) mass is 320 g/mol. The van der Waals surface area contributed by atoms with Gasteiger partial charge in [-0.15, -0.1) is 0 Å². The fraction of sp³-hybridized carbons (Fsp3) is 0.438. The molecule has 2 rings (SSSR count). The molecule has 1 fully saturated rings. The molecule has 1 aliphatic carbocycles. The first-order valence-electron chi connectivity index (χ1n) is 7.39. The Hall–Kier alpha value is -2.57.